The highest BCUT2D eigenvalue weighted by molar-refractivity contribution is 7.71. The number of nitrogens with one attached hydrogen (secondary N) is 2. The van der Waals surface area contributed by atoms with Crippen LogP contribution in [0.25, 0.3) is 10.9 Å². The summed E-state index contributed by atoms with van der Waals surface area (Å²) in [5.41, 5.74) is 1.42. The van der Waals surface area contributed by atoms with Gasteiger partial charge in [-0.25, -0.2) is 4.39 Å². The number of aromatic amines is 1. The maximum Gasteiger partial charge on any atom is 0.262 e. The molecule has 1 heterocycles. The molecule has 156 valence electrons. The van der Waals surface area contributed by atoms with Gasteiger partial charge in [0, 0.05) is 18.7 Å². The number of benzene rings is 2. The second-order valence-electron chi connectivity index (χ2n) is 7.14. The molecular formula is C22H23FN4O2S. The standard InChI is InChI=1S/C22H23FN4O2S/c1-4-10-27-21(29)17-9-8-15(12-18(17)25-22(27)30)20(28)24-13-19(26(2)3)14-6-5-7-16(23)11-14/h4-9,11-12,19H,1,10,13H2,2-3H3,(H,24,28)(H,25,30). The Morgan fingerprint density at radius 3 is 2.77 bits per heavy atom. The van der Waals surface area contributed by atoms with E-state index in [9.17, 15) is 14.0 Å². The van der Waals surface area contributed by atoms with Crippen molar-refractivity contribution >= 4 is 29.0 Å². The number of likely N-dealkylation sites (N-methyl/N-ethyl adjacent to an activating group) is 1. The first-order valence-corrected chi connectivity index (χ1v) is 9.80. The molecule has 1 aromatic heterocycles. The quantitative estimate of drug-likeness (QED) is 0.449. The molecule has 0 saturated carbocycles. The van der Waals surface area contributed by atoms with Gasteiger partial charge >= 0.3 is 0 Å². The summed E-state index contributed by atoms with van der Waals surface area (Å²) in [6.45, 7) is 4.23. The lowest BCUT2D eigenvalue weighted by Crippen LogP contribution is -2.34. The van der Waals surface area contributed by atoms with Crippen LogP contribution in [0.4, 0.5) is 4.39 Å². The summed E-state index contributed by atoms with van der Waals surface area (Å²) in [5, 5.41) is 3.32. The molecule has 3 rings (SSSR count). The minimum absolute atomic E-state index is 0.193. The zero-order valence-corrected chi connectivity index (χ0v) is 17.6. The average Bonchev–Trinajstić information content (AvgIpc) is 2.70. The van der Waals surface area contributed by atoms with Crippen molar-refractivity contribution < 1.29 is 9.18 Å². The summed E-state index contributed by atoms with van der Waals surface area (Å²) < 4.78 is 15.3. The molecular weight excluding hydrogens is 403 g/mol. The molecule has 3 aromatic rings. The third-order valence-electron chi connectivity index (χ3n) is 4.87. The van der Waals surface area contributed by atoms with Gasteiger partial charge in [-0.05, 0) is 62.2 Å². The largest absolute Gasteiger partial charge is 0.350 e. The second-order valence-corrected chi connectivity index (χ2v) is 7.53. The molecule has 1 atom stereocenters. The van der Waals surface area contributed by atoms with Crippen molar-refractivity contribution in [3.63, 3.8) is 0 Å². The predicted molar refractivity (Wildman–Crippen MR) is 119 cm³/mol. The van der Waals surface area contributed by atoms with E-state index in [0.29, 0.717) is 29.6 Å². The van der Waals surface area contributed by atoms with E-state index in [2.05, 4.69) is 16.9 Å². The van der Waals surface area contributed by atoms with Crippen LogP contribution in [0, 0.1) is 10.6 Å². The number of nitrogens with zero attached hydrogens (tertiary/aromatic N) is 2. The first-order chi connectivity index (χ1) is 14.3. The third-order valence-corrected chi connectivity index (χ3v) is 5.19. The summed E-state index contributed by atoms with van der Waals surface area (Å²) in [5.74, 6) is -0.618. The molecule has 1 amide bonds. The molecule has 0 radical (unpaired) electrons. The number of aromatic nitrogens is 2. The highest BCUT2D eigenvalue weighted by atomic mass is 32.1. The van der Waals surface area contributed by atoms with Gasteiger partial charge in [-0.2, -0.15) is 0 Å². The van der Waals surface area contributed by atoms with Crippen molar-refractivity contribution in [1.29, 1.82) is 0 Å². The monoisotopic (exact) mass is 426 g/mol. The molecule has 2 aromatic carbocycles. The lowest BCUT2D eigenvalue weighted by atomic mass is 10.1. The van der Waals surface area contributed by atoms with Crippen molar-refractivity contribution in [2.45, 2.75) is 12.6 Å². The molecule has 0 aliphatic heterocycles. The van der Waals surface area contributed by atoms with E-state index in [-0.39, 0.29) is 28.1 Å². The van der Waals surface area contributed by atoms with E-state index in [1.807, 2.05) is 25.1 Å². The van der Waals surface area contributed by atoms with E-state index >= 15 is 0 Å². The fraction of sp³-hybridized carbons (Fsp3) is 0.227. The van der Waals surface area contributed by atoms with E-state index < -0.39 is 0 Å². The SMILES string of the molecule is C=CCn1c(=S)[nH]c2cc(C(=O)NCC(c3cccc(F)c3)N(C)C)ccc2c1=O. The van der Waals surface area contributed by atoms with E-state index in [0.717, 1.165) is 5.56 Å². The van der Waals surface area contributed by atoms with Gasteiger partial charge in [0.2, 0.25) is 0 Å². The lowest BCUT2D eigenvalue weighted by Gasteiger charge is -2.25. The molecule has 0 fully saturated rings. The van der Waals surface area contributed by atoms with Crippen LogP contribution in [0.2, 0.25) is 0 Å². The Balaban J connectivity index is 1.84. The van der Waals surface area contributed by atoms with E-state index in [1.54, 1.807) is 30.3 Å². The molecule has 0 aliphatic rings. The van der Waals surface area contributed by atoms with E-state index in [4.69, 9.17) is 12.2 Å². The van der Waals surface area contributed by atoms with E-state index in [1.165, 1.54) is 16.7 Å². The van der Waals surface area contributed by atoms with Gasteiger partial charge < -0.3 is 15.2 Å². The lowest BCUT2D eigenvalue weighted by molar-refractivity contribution is 0.0942. The van der Waals surface area contributed by atoms with Crippen LogP contribution in [-0.4, -0.2) is 41.0 Å². The number of carbonyl (C=O) groups is 1. The van der Waals surface area contributed by atoms with Gasteiger partial charge in [0.05, 0.1) is 16.9 Å². The minimum atomic E-state index is -0.322. The molecule has 8 heteroatoms. The maximum atomic E-state index is 13.6. The van der Waals surface area contributed by atoms with Gasteiger partial charge in [0.25, 0.3) is 11.5 Å². The van der Waals surface area contributed by atoms with Crippen molar-refractivity contribution in [1.82, 2.24) is 19.8 Å². The zero-order valence-electron chi connectivity index (χ0n) is 16.8. The number of carbonyl (C=O) groups excluding carboxylic acids is 1. The van der Waals surface area contributed by atoms with Crippen LogP contribution in [0.5, 0.6) is 0 Å². The highest BCUT2D eigenvalue weighted by Crippen LogP contribution is 2.19. The molecule has 0 spiro atoms. The van der Waals surface area contributed by atoms with Crippen molar-refractivity contribution in [2.24, 2.45) is 0 Å². The van der Waals surface area contributed by atoms with Crippen LogP contribution < -0.4 is 10.9 Å². The third kappa shape index (κ3) is 4.55. The normalized spacial score (nSPS) is 12.1. The van der Waals surface area contributed by atoms with Crippen LogP contribution in [0.3, 0.4) is 0 Å². The molecule has 30 heavy (non-hydrogen) atoms. The minimum Gasteiger partial charge on any atom is -0.350 e. The topological polar surface area (TPSA) is 70.1 Å². The summed E-state index contributed by atoms with van der Waals surface area (Å²) in [6.07, 6.45) is 1.60. The molecule has 2 N–H and O–H groups in total. The Morgan fingerprint density at radius 2 is 2.10 bits per heavy atom. The summed E-state index contributed by atoms with van der Waals surface area (Å²) >= 11 is 5.24. The number of hydrogen-bond donors (Lipinski definition) is 2. The molecule has 0 bridgehead atoms. The molecule has 0 aliphatic carbocycles. The van der Waals surface area contributed by atoms with Gasteiger partial charge in [-0.15, -0.1) is 6.58 Å². The zero-order chi connectivity index (χ0) is 21.8. The van der Waals surface area contributed by atoms with Gasteiger partial charge in [0.15, 0.2) is 4.77 Å². The van der Waals surface area contributed by atoms with Crippen LogP contribution in [0.15, 0.2) is 59.9 Å². The predicted octanol–water partition coefficient (Wildman–Crippen LogP) is 3.42. The molecule has 0 saturated heterocycles. The summed E-state index contributed by atoms with van der Waals surface area (Å²) in [6, 6.07) is 10.9. The highest BCUT2D eigenvalue weighted by Gasteiger charge is 2.17. The fourth-order valence-electron chi connectivity index (χ4n) is 3.29. The number of hydrogen-bond acceptors (Lipinski definition) is 4. The molecule has 1 unspecified atom stereocenters. The first kappa shape index (κ1) is 21.6. The number of allylic oxidation sites excluding steroid dienone is 1. The Bertz CT molecular complexity index is 1220. The second kappa shape index (κ2) is 9.15. The van der Waals surface area contributed by atoms with Gasteiger partial charge in [-0.1, -0.05) is 18.2 Å². The fourth-order valence-corrected chi connectivity index (χ4v) is 3.56. The smallest absolute Gasteiger partial charge is 0.262 e. The number of H-pyrrole nitrogens is 1. The Kier molecular flexibility index (Phi) is 6.59. The van der Waals surface area contributed by atoms with Crippen molar-refractivity contribution in [2.75, 3.05) is 20.6 Å². The Hall–Kier alpha value is -3.10. The summed E-state index contributed by atoms with van der Waals surface area (Å²) in [7, 11) is 3.73. The number of halogens is 1. The van der Waals surface area contributed by atoms with Crippen LogP contribution in [-0.2, 0) is 6.54 Å². The number of rotatable bonds is 7. The first-order valence-electron chi connectivity index (χ1n) is 9.39. The van der Waals surface area contributed by atoms with Crippen molar-refractivity contribution in [3.05, 3.63) is 87.2 Å². The molecule has 6 nitrogen and oxygen atoms in total. The average molecular weight is 427 g/mol. The summed E-state index contributed by atoms with van der Waals surface area (Å²) in [4.78, 5) is 30.2. The Morgan fingerprint density at radius 1 is 1.33 bits per heavy atom. The maximum absolute atomic E-state index is 13.6. The van der Waals surface area contributed by atoms with Crippen molar-refractivity contribution in [3.8, 4) is 0 Å². The van der Waals surface area contributed by atoms with Gasteiger partial charge in [0.1, 0.15) is 5.82 Å². The Labute approximate surface area is 178 Å². The van der Waals surface area contributed by atoms with Crippen LogP contribution >= 0.6 is 12.2 Å². The van der Waals surface area contributed by atoms with Crippen LogP contribution in [0.1, 0.15) is 22.0 Å². The number of fused-ring (bicyclic) bond motifs is 1. The number of amides is 1. The van der Waals surface area contributed by atoms with Gasteiger partial charge in [-0.3, -0.25) is 14.2 Å².